The van der Waals surface area contributed by atoms with Crippen LogP contribution in [0.25, 0.3) is 0 Å². The van der Waals surface area contributed by atoms with Gasteiger partial charge in [-0.3, -0.25) is 0 Å². The SMILES string of the molecule is COc1ccc(NC(=O)N2CC3(COC(C)(C)OC3)C2)c(OC)c1. The molecule has 7 nitrogen and oxygen atoms in total. The maximum atomic E-state index is 12.4. The molecule has 2 amide bonds. The quantitative estimate of drug-likeness (QED) is 0.917. The second kappa shape index (κ2) is 6.14. The number of benzene rings is 1. The number of methoxy groups -OCH3 is 2. The third kappa shape index (κ3) is 3.27. The molecule has 1 aromatic carbocycles. The van der Waals surface area contributed by atoms with Crippen LogP contribution in [-0.4, -0.2) is 57.2 Å². The summed E-state index contributed by atoms with van der Waals surface area (Å²) in [7, 11) is 3.14. The molecule has 0 aliphatic carbocycles. The molecule has 1 aromatic rings. The lowest BCUT2D eigenvalue weighted by Gasteiger charge is -2.53. The first-order valence-corrected chi connectivity index (χ1v) is 7.92. The highest BCUT2D eigenvalue weighted by atomic mass is 16.7. The fourth-order valence-electron chi connectivity index (χ4n) is 2.92. The Bertz CT molecular complexity index is 613. The zero-order valence-electron chi connectivity index (χ0n) is 14.5. The number of urea groups is 1. The van der Waals surface area contributed by atoms with Crippen LogP contribution in [0.2, 0.25) is 0 Å². The molecule has 3 rings (SSSR count). The van der Waals surface area contributed by atoms with Crippen LogP contribution in [0.4, 0.5) is 10.5 Å². The molecule has 2 heterocycles. The molecule has 0 aromatic heterocycles. The van der Waals surface area contributed by atoms with Gasteiger partial charge < -0.3 is 29.2 Å². The Morgan fingerprint density at radius 1 is 1.17 bits per heavy atom. The summed E-state index contributed by atoms with van der Waals surface area (Å²) in [5, 5.41) is 2.88. The van der Waals surface area contributed by atoms with Crippen LogP contribution in [0.3, 0.4) is 0 Å². The Morgan fingerprint density at radius 2 is 1.83 bits per heavy atom. The van der Waals surface area contributed by atoms with Crippen molar-refractivity contribution in [1.82, 2.24) is 4.90 Å². The molecule has 0 saturated carbocycles. The van der Waals surface area contributed by atoms with Crippen LogP contribution in [0.5, 0.6) is 11.5 Å². The average Bonchev–Trinajstić information content (AvgIpc) is 2.53. The van der Waals surface area contributed by atoms with Crippen molar-refractivity contribution in [3.8, 4) is 11.5 Å². The Hall–Kier alpha value is -1.99. The largest absolute Gasteiger partial charge is 0.497 e. The van der Waals surface area contributed by atoms with Gasteiger partial charge in [0.15, 0.2) is 5.79 Å². The molecule has 2 saturated heterocycles. The van der Waals surface area contributed by atoms with E-state index in [1.165, 1.54) is 0 Å². The molecule has 2 aliphatic heterocycles. The normalized spacial score (nSPS) is 21.1. The van der Waals surface area contributed by atoms with Crippen LogP contribution in [-0.2, 0) is 9.47 Å². The highest BCUT2D eigenvalue weighted by molar-refractivity contribution is 5.91. The Labute approximate surface area is 141 Å². The van der Waals surface area contributed by atoms with Gasteiger partial charge in [0.25, 0.3) is 0 Å². The van der Waals surface area contributed by atoms with Crippen LogP contribution < -0.4 is 14.8 Å². The van der Waals surface area contributed by atoms with Gasteiger partial charge in [-0.1, -0.05) is 0 Å². The summed E-state index contributed by atoms with van der Waals surface area (Å²) >= 11 is 0. The van der Waals surface area contributed by atoms with Crippen molar-refractivity contribution < 1.29 is 23.7 Å². The minimum absolute atomic E-state index is 0.0865. The van der Waals surface area contributed by atoms with Gasteiger partial charge in [-0.2, -0.15) is 0 Å². The van der Waals surface area contributed by atoms with Gasteiger partial charge in [0.2, 0.25) is 0 Å². The first kappa shape index (κ1) is 16.9. The van der Waals surface area contributed by atoms with E-state index in [0.717, 1.165) is 0 Å². The Morgan fingerprint density at radius 3 is 2.42 bits per heavy atom. The molecule has 132 valence electrons. The van der Waals surface area contributed by atoms with Gasteiger partial charge in [0, 0.05) is 19.2 Å². The Balaban J connectivity index is 1.58. The minimum atomic E-state index is -0.537. The molecule has 1 spiro atoms. The van der Waals surface area contributed by atoms with E-state index in [0.29, 0.717) is 43.5 Å². The summed E-state index contributed by atoms with van der Waals surface area (Å²) in [6.07, 6.45) is 0. The molecule has 2 fully saturated rings. The molecule has 0 atom stereocenters. The zero-order valence-corrected chi connectivity index (χ0v) is 14.5. The first-order chi connectivity index (χ1) is 11.4. The maximum absolute atomic E-state index is 12.4. The summed E-state index contributed by atoms with van der Waals surface area (Å²) in [5.41, 5.74) is 0.526. The summed E-state index contributed by atoms with van der Waals surface area (Å²) in [6, 6.07) is 5.12. The number of carbonyl (C=O) groups excluding carboxylic acids is 1. The van der Waals surface area contributed by atoms with Crippen LogP contribution in [0.15, 0.2) is 18.2 Å². The van der Waals surface area contributed by atoms with Crippen molar-refractivity contribution in [3.05, 3.63) is 18.2 Å². The number of rotatable bonds is 3. The van der Waals surface area contributed by atoms with Crippen molar-refractivity contribution in [1.29, 1.82) is 0 Å². The molecule has 7 heteroatoms. The van der Waals surface area contributed by atoms with Gasteiger partial charge in [-0.05, 0) is 26.0 Å². The van der Waals surface area contributed by atoms with E-state index in [1.54, 1.807) is 37.3 Å². The molecular formula is C17H24N2O5. The average molecular weight is 336 g/mol. The van der Waals surface area contributed by atoms with E-state index >= 15 is 0 Å². The number of hydrogen-bond acceptors (Lipinski definition) is 5. The summed E-state index contributed by atoms with van der Waals surface area (Å²) < 4.78 is 21.9. The summed E-state index contributed by atoms with van der Waals surface area (Å²) in [4.78, 5) is 14.2. The number of ether oxygens (including phenoxy) is 4. The molecule has 0 unspecified atom stereocenters. The highest BCUT2D eigenvalue weighted by Gasteiger charge is 2.50. The Kier molecular flexibility index (Phi) is 4.31. The van der Waals surface area contributed by atoms with E-state index in [9.17, 15) is 4.79 Å². The van der Waals surface area contributed by atoms with Crippen LogP contribution in [0.1, 0.15) is 13.8 Å². The summed E-state index contributed by atoms with van der Waals surface area (Å²) in [6.45, 7) is 6.25. The number of nitrogens with one attached hydrogen (secondary N) is 1. The van der Waals surface area contributed by atoms with Crippen LogP contribution >= 0.6 is 0 Å². The van der Waals surface area contributed by atoms with Crippen molar-refractivity contribution in [2.75, 3.05) is 45.8 Å². The minimum Gasteiger partial charge on any atom is -0.497 e. The number of hydrogen-bond donors (Lipinski definition) is 1. The lowest BCUT2D eigenvalue weighted by Crippen LogP contribution is -2.66. The second-order valence-electron chi connectivity index (χ2n) is 6.83. The monoisotopic (exact) mass is 336 g/mol. The predicted molar refractivity (Wildman–Crippen MR) is 88.6 cm³/mol. The van der Waals surface area contributed by atoms with E-state index in [-0.39, 0.29) is 11.4 Å². The predicted octanol–water partition coefficient (Wildman–Crippen LogP) is 2.32. The first-order valence-electron chi connectivity index (χ1n) is 7.92. The van der Waals surface area contributed by atoms with E-state index in [4.69, 9.17) is 18.9 Å². The molecule has 0 radical (unpaired) electrons. The van der Waals surface area contributed by atoms with E-state index in [2.05, 4.69) is 5.32 Å². The highest BCUT2D eigenvalue weighted by Crippen LogP contribution is 2.38. The maximum Gasteiger partial charge on any atom is 0.321 e. The molecular weight excluding hydrogens is 312 g/mol. The number of nitrogens with zero attached hydrogens (tertiary/aromatic N) is 1. The second-order valence-corrected chi connectivity index (χ2v) is 6.83. The topological polar surface area (TPSA) is 69.3 Å². The number of carbonyl (C=O) groups is 1. The number of amides is 2. The van der Waals surface area contributed by atoms with Crippen molar-refractivity contribution in [3.63, 3.8) is 0 Å². The van der Waals surface area contributed by atoms with Crippen molar-refractivity contribution >= 4 is 11.7 Å². The fraction of sp³-hybridized carbons (Fsp3) is 0.588. The number of anilines is 1. The zero-order chi connectivity index (χ0) is 17.4. The fourth-order valence-corrected chi connectivity index (χ4v) is 2.92. The van der Waals surface area contributed by atoms with Crippen LogP contribution in [0, 0.1) is 5.41 Å². The van der Waals surface area contributed by atoms with E-state index < -0.39 is 5.79 Å². The molecule has 2 aliphatic rings. The van der Waals surface area contributed by atoms with Gasteiger partial charge in [-0.15, -0.1) is 0 Å². The lowest BCUT2D eigenvalue weighted by atomic mass is 9.81. The van der Waals surface area contributed by atoms with Gasteiger partial charge in [0.1, 0.15) is 11.5 Å². The van der Waals surface area contributed by atoms with Crippen molar-refractivity contribution in [2.24, 2.45) is 5.41 Å². The smallest absolute Gasteiger partial charge is 0.321 e. The van der Waals surface area contributed by atoms with E-state index in [1.807, 2.05) is 13.8 Å². The molecule has 24 heavy (non-hydrogen) atoms. The van der Waals surface area contributed by atoms with Gasteiger partial charge in [-0.25, -0.2) is 4.79 Å². The lowest BCUT2D eigenvalue weighted by molar-refractivity contribution is -0.301. The molecule has 0 bridgehead atoms. The van der Waals surface area contributed by atoms with Crippen molar-refractivity contribution in [2.45, 2.75) is 19.6 Å². The number of likely N-dealkylation sites (tertiary alicyclic amines) is 1. The third-order valence-electron chi connectivity index (χ3n) is 4.44. The van der Waals surface area contributed by atoms with Gasteiger partial charge in [0.05, 0.1) is 38.5 Å². The third-order valence-corrected chi connectivity index (χ3v) is 4.44. The van der Waals surface area contributed by atoms with Gasteiger partial charge >= 0.3 is 6.03 Å². The summed E-state index contributed by atoms with van der Waals surface area (Å²) in [5.74, 6) is 0.695. The standard InChI is InChI=1S/C17H24N2O5/c1-16(2)23-10-17(11-24-16)8-19(9-17)15(20)18-13-6-5-12(21-3)7-14(13)22-4/h5-7H,8-11H2,1-4H3,(H,18,20). The molecule has 1 N–H and O–H groups in total.